The lowest BCUT2D eigenvalue weighted by Crippen LogP contribution is -2.28. The first-order valence-electron chi connectivity index (χ1n) is 9.14. The van der Waals surface area contributed by atoms with E-state index >= 15 is 0 Å². The van der Waals surface area contributed by atoms with Crippen LogP contribution < -0.4 is 0 Å². The summed E-state index contributed by atoms with van der Waals surface area (Å²) in [6, 6.07) is 24.4. The van der Waals surface area contributed by atoms with Gasteiger partial charge in [0.2, 0.25) is 0 Å². The van der Waals surface area contributed by atoms with Gasteiger partial charge in [0.25, 0.3) is 0 Å². The van der Waals surface area contributed by atoms with E-state index in [0.29, 0.717) is 24.0 Å². The van der Waals surface area contributed by atoms with E-state index in [4.69, 9.17) is 0 Å². The number of benzene rings is 3. The van der Waals surface area contributed by atoms with Crippen LogP contribution in [0.2, 0.25) is 0 Å². The first kappa shape index (κ1) is 19.2. The predicted molar refractivity (Wildman–Crippen MR) is 108 cm³/mol. The van der Waals surface area contributed by atoms with E-state index in [9.17, 15) is 15.3 Å². The smallest absolute Gasteiger partial charge is 0.121 e. The van der Waals surface area contributed by atoms with Crippen LogP contribution in [0.25, 0.3) is 0 Å². The van der Waals surface area contributed by atoms with Crippen molar-refractivity contribution in [1.82, 2.24) is 0 Å². The Morgan fingerprint density at radius 2 is 1.15 bits per heavy atom. The van der Waals surface area contributed by atoms with Crippen molar-refractivity contribution in [2.45, 2.75) is 37.9 Å². The zero-order valence-corrected chi connectivity index (χ0v) is 15.8. The number of hydrogen-bond acceptors (Lipinski definition) is 3. The largest absolute Gasteiger partial charge is 0.508 e. The van der Waals surface area contributed by atoms with Crippen molar-refractivity contribution in [3.63, 3.8) is 0 Å². The molecule has 2 atom stereocenters. The van der Waals surface area contributed by atoms with Gasteiger partial charge in [-0.2, -0.15) is 0 Å². The zero-order valence-electron chi connectivity index (χ0n) is 15.8. The van der Waals surface area contributed by atoms with Gasteiger partial charge in [-0.1, -0.05) is 66.7 Å². The van der Waals surface area contributed by atoms with Crippen molar-refractivity contribution in [3.05, 3.63) is 101 Å². The van der Waals surface area contributed by atoms with Crippen LogP contribution >= 0.6 is 0 Å². The highest BCUT2D eigenvalue weighted by atomic mass is 16.3. The average molecular weight is 362 g/mol. The molecule has 0 spiro atoms. The Morgan fingerprint density at radius 3 is 1.67 bits per heavy atom. The molecule has 0 bridgehead atoms. The van der Waals surface area contributed by atoms with E-state index in [1.54, 1.807) is 32.0 Å². The van der Waals surface area contributed by atoms with Crippen LogP contribution in [0.5, 0.6) is 5.75 Å². The summed E-state index contributed by atoms with van der Waals surface area (Å²) in [6.45, 7) is 3.44. The Bertz CT molecular complexity index is 884. The molecule has 3 heteroatoms. The minimum Gasteiger partial charge on any atom is -0.508 e. The van der Waals surface area contributed by atoms with Gasteiger partial charge in [0.05, 0.1) is 11.2 Å². The van der Waals surface area contributed by atoms with Crippen LogP contribution in [-0.2, 0) is 24.0 Å². The maximum Gasteiger partial charge on any atom is 0.121 e. The lowest BCUT2D eigenvalue weighted by Gasteiger charge is -2.29. The summed E-state index contributed by atoms with van der Waals surface area (Å²) in [6.07, 6.45) is 0.810. The second-order valence-corrected chi connectivity index (χ2v) is 7.60. The Balaban J connectivity index is 1.91. The molecule has 0 heterocycles. The molecular formula is C24H26O3. The van der Waals surface area contributed by atoms with Gasteiger partial charge in [-0.3, -0.25) is 0 Å². The van der Waals surface area contributed by atoms with Crippen LogP contribution in [0.1, 0.15) is 36.1 Å². The number of aromatic hydroxyl groups is 1. The Labute approximate surface area is 160 Å². The monoisotopic (exact) mass is 362 g/mol. The summed E-state index contributed by atoms with van der Waals surface area (Å²) in [7, 11) is 0. The molecule has 27 heavy (non-hydrogen) atoms. The van der Waals surface area contributed by atoms with E-state index in [1.807, 2.05) is 60.7 Å². The third kappa shape index (κ3) is 4.57. The molecule has 0 amide bonds. The Kier molecular flexibility index (Phi) is 5.36. The minimum atomic E-state index is -1.26. The fourth-order valence-corrected chi connectivity index (χ4v) is 3.49. The maximum absolute atomic E-state index is 11.1. The van der Waals surface area contributed by atoms with Gasteiger partial charge in [-0.25, -0.2) is 0 Å². The normalized spacial score (nSPS) is 15.7. The topological polar surface area (TPSA) is 60.7 Å². The van der Waals surface area contributed by atoms with Gasteiger partial charge < -0.3 is 15.3 Å². The first-order chi connectivity index (χ1) is 12.8. The van der Waals surface area contributed by atoms with Gasteiger partial charge in [0.1, 0.15) is 5.75 Å². The van der Waals surface area contributed by atoms with Crippen molar-refractivity contribution >= 4 is 0 Å². The predicted octanol–water partition coefficient (Wildman–Crippen LogP) is 4.29. The molecule has 0 radical (unpaired) electrons. The van der Waals surface area contributed by atoms with Gasteiger partial charge >= 0.3 is 0 Å². The molecule has 2 unspecified atom stereocenters. The van der Waals surface area contributed by atoms with Gasteiger partial charge in [-0.15, -0.1) is 0 Å². The molecule has 0 fully saturated rings. The number of hydrogen-bond donors (Lipinski definition) is 3. The van der Waals surface area contributed by atoms with E-state index < -0.39 is 11.2 Å². The quantitative estimate of drug-likeness (QED) is 0.613. The highest BCUT2D eigenvalue weighted by molar-refractivity contribution is 5.43. The number of rotatable bonds is 6. The van der Waals surface area contributed by atoms with Crippen molar-refractivity contribution in [3.8, 4) is 5.75 Å². The van der Waals surface area contributed by atoms with Crippen LogP contribution in [0.15, 0.2) is 78.9 Å². The van der Waals surface area contributed by atoms with Gasteiger partial charge in [0.15, 0.2) is 0 Å². The molecule has 3 rings (SSSR count). The second kappa shape index (κ2) is 7.55. The fourth-order valence-electron chi connectivity index (χ4n) is 3.49. The van der Waals surface area contributed by atoms with Crippen LogP contribution in [0.3, 0.4) is 0 Å². The molecule has 3 N–H and O–H groups in total. The highest BCUT2D eigenvalue weighted by Crippen LogP contribution is 2.36. The third-order valence-corrected chi connectivity index (χ3v) is 4.98. The SMILES string of the molecule is CC(O)(Cc1ccccc1)c1ccc(O)c(C(C)(O)Cc2ccccc2)c1. The van der Waals surface area contributed by atoms with Gasteiger partial charge in [-0.05, 0) is 42.7 Å². The van der Waals surface area contributed by atoms with Crippen molar-refractivity contribution in [1.29, 1.82) is 0 Å². The summed E-state index contributed by atoms with van der Waals surface area (Å²) in [5.41, 5.74) is 0.692. The van der Waals surface area contributed by atoms with E-state index in [-0.39, 0.29) is 5.75 Å². The summed E-state index contributed by atoms with van der Waals surface area (Å²) in [5.74, 6) is 0.0233. The summed E-state index contributed by atoms with van der Waals surface area (Å²) >= 11 is 0. The number of phenols is 1. The molecule has 3 aromatic carbocycles. The summed E-state index contributed by atoms with van der Waals surface area (Å²) in [4.78, 5) is 0. The second-order valence-electron chi connectivity index (χ2n) is 7.60. The molecule has 3 nitrogen and oxygen atoms in total. The fraction of sp³-hybridized carbons (Fsp3) is 0.250. The average Bonchev–Trinajstić information content (AvgIpc) is 2.62. The Morgan fingerprint density at radius 1 is 0.667 bits per heavy atom. The first-order valence-corrected chi connectivity index (χ1v) is 9.14. The molecule has 0 aliphatic carbocycles. The maximum atomic E-state index is 11.1. The molecule has 0 aliphatic rings. The highest BCUT2D eigenvalue weighted by Gasteiger charge is 2.30. The van der Waals surface area contributed by atoms with Crippen molar-refractivity contribution in [2.75, 3.05) is 0 Å². The lowest BCUT2D eigenvalue weighted by molar-refractivity contribution is 0.0493. The van der Waals surface area contributed by atoms with E-state index in [0.717, 1.165) is 11.1 Å². The molecule has 0 saturated heterocycles. The van der Waals surface area contributed by atoms with Gasteiger partial charge in [0, 0.05) is 18.4 Å². The van der Waals surface area contributed by atoms with E-state index in [1.165, 1.54) is 0 Å². The molecular weight excluding hydrogens is 336 g/mol. The molecule has 0 saturated carbocycles. The van der Waals surface area contributed by atoms with Crippen LogP contribution in [0.4, 0.5) is 0 Å². The number of phenolic OH excluding ortho intramolecular Hbond substituents is 1. The lowest BCUT2D eigenvalue weighted by atomic mass is 9.83. The molecule has 3 aromatic rings. The minimum absolute atomic E-state index is 0.0233. The zero-order chi connectivity index (χ0) is 19.5. The van der Waals surface area contributed by atoms with Crippen molar-refractivity contribution < 1.29 is 15.3 Å². The molecule has 0 aliphatic heterocycles. The standard InChI is InChI=1S/C24H26O3/c1-23(26,16-18-9-5-3-6-10-18)20-13-14-22(25)21(15-20)24(2,27)17-19-11-7-4-8-12-19/h3-15,25-27H,16-17H2,1-2H3. The third-order valence-electron chi connectivity index (χ3n) is 4.98. The van der Waals surface area contributed by atoms with Crippen molar-refractivity contribution in [2.24, 2.45) is 0 Å². The van der Waals surface area contributed by atoms with Crippen LogP contribution in [0, 0.1) is 0 Å². The summed E-state index contributed by atoms with van der Waals surface area (Å²) < 4.78 is 0. The summed E-state index contributed by atoms with van der Waals surface area (Å²) in [5, 5.41) is 32.5. The van der Waals surface area contributed by atoms with Crippen LogP contribution in [-0.4, -0.2) is 15.3 Å². The Hall–Kier alpha value is -2.62. The molecule has 0 aromatic heterocycles. The van der Waals surface area contributed by atoms with E-state index in [2.05, 4.69) is 0 Å². The molecule has 140 valence electrons. The number of aliphatic hydroxyl groups is 2.